The summed E-state index contributed by atoms with van der Waals surface area (Å²) in [6.07, 6.45) is -0.207. The fourth-order valence-corrected chi connectivity index (χ4v) is 12.2. The second-order valence-corrected chi connectivity index (χ2v) is 19.6. The molecule has 6 aromatic carbocycles. The summed E-state index contributed by atoms with van der Waals surface area (Å²) in [6, 6.07) is 51.6. The van der Waals surface area contributed by atoms with Crippen LogP contribution in [-0.2, 0) is 13.7 Å². The molecule has 0 radical (unpaired) electrons. The molecule has 0 aliphatic heterocycles. The Balaban J connectivity index is 1.33. The summed E-state index contributed by atoms with van der Waals surface area (Å²) in [7, 11) is -9.75. The van der Waals surface area contributed by atoms with E-state index in [4.69, 9.17) is 9.47 Å². The van der Waals surface area contributed by atoms with Crippen LogP contribution in [0.15, 0.2) is 170 Å². The molecule has 0 fully saturated rings. The maximum Gasteiger partial charge on any atom is 0.178 e. The molecule has 0 spiro atoms. The van der Waals surface area contributed by atoms with Crippen molar-refractivity contribution in [3.63, 3.8) is 0 Å². The van der Waals surface area contributed by atoms with Crippen LogP contribution < -0.4 is 41.3 Å². The Kier molecular flexibility index (Phi) is 9.81. The van der Waals surface area contributed by atoms with Crippen LogP contribution in [0.2, 0.25) is 0 Å². The number of ether oxygens (including phenoxy) is 2. The second kappa shape index (κ2) is 14.2. The largest absolute Gasteiger partial charge is 0.484 e. The van der Waals surface area contributed by atoms with Crippen molar-refractivity contribution in [3.05, 3.63) is 170 Å². The van der Waals surface area contributed by atoms with Crippen LogP contribution >= 0.6 is 21.4 Å². The van der Waals surface area contributed by atoms with Gasteiger partial charge in [0.1, 0.15) is 31.3 Å². The summed E-state index contributed by atoms with van der Waals surface area (Å²) < 4.78 is 56.9. The highest BCUT2D eigenvalue weighted by atomic mass is 31.2. The molecule has 0 N–H and O–H groups in total. The molecule has 8 heteroatoms. The molecule has 236 valence electrons. The lowest BCUT2D eigenvalue weighted by Crippen LogP contribution is -2.25. The van der Waals surface area contributed by atoms with Crippen molar-refractivity contribution >= 4 is 53.3 Å². The minimum atomic E-state index is -3.35. The van der Waals surface area contributed by atoms with Gasteiger partial charge in [0, 0.05) is 21.2 Å². The highest BCUT2D eigenvalue weighted by Crippen LogP contribution is 2.48. The predicted octanol–water partition coefficient (Wildman–Crippen LogP) is 7.33. The zero-order valence-electron chi connectivity index (χ0n) is 26.0. The topological polar surface area (TPSA) is 69.7 Å². The van der Waals surface area contributed by atoms with Crippen LogP contribution in [0.3, 0.4) is 0 Å². The van der Waals surface area contributed by atoms with Crippen LogP contribution in [0.25, 0.3) is 0 Å². The molecule has 0 heterocycles. The van der Waals surface area contributed by atoms with E-state index in [1.54, 1.807) is 30.9 Å². The van der Waals surface area contributed by atoms with Crippen molar-refractivity contribution in [3.8, 4) is 11.5 Å². The Morgan fingerprint density at radius 1 is 0.383 bits per heavy atom. The van der Waals surface area contributed by atoms with Crippen molar-refractivity contribution in [2.24, 2.45) is 0 Å². The smallest absolute Gasteiger partial charge is 0.178 e. The highest BCUT2D eigenvalue weighted by molar-refractivity contribution is 7.79. The summed E-state index contributed by atoms with van der Waals surface area (Å²) in [6.45, 7) is 1.68. The molecule has 6 rings (SSSR count). The van der Waals surface area contributed by atoms with Crippen molar-refractivity contribution in [1.29, 1.82) is 0 Å². The summed E-state index contributed by atoms with van der Waals surface area (Å²) in [5.41, 5.74) is 0. The molecule has 47 heavy (non-hydrogen) atoms. The van der Waals surface area contributed by atoms with Crippen molar-refractivity contribution in [2.75, 3.05) is 19.4 Å². The SMILES string of the molecule is CP(=O)(c1ccccc1OCP(=O)(c1ccccc1)c1ccccc1)c1ccccc1OCP(=O)(c1ccccc1)c1ccccc1. The molecule has 0 bridgehead atoms. The van der Waals surface area contributed by atoms with E-state index < -0.39 is 21.4 Å². The zero-order chi connectivity index (χ0) is 32.7. The highest BCUT2D eigenvalue weighted by Gasteiger charge is 2.33. The Bertz CT molecular complexity index is 1850. The molecular formula is C39H35O5P3. The fraction of sp³-hybridized carbons (Fsp3) is 0.0769. The Labute approximate surface area is 276 Å². The first-order valence-corrected chi connectivity index (χ1v) is 21.2. The molecule has 0 saturated carbocycles. The molecule has 0 saturated heterocycles. The quantitative estimate of drug-likeness (QED) is 0.127. The Hall–Kier alpha value is -4.39. The van der Waals surface area contributed by atoms with Crippen LogP contribution in [0, 0.1) is 0 Å². The van der Waals surface area contributed by atoms with Gasteiger partial charge < -0.3 is 23.2 Å². The molecule has 0 unspecified atom stereocenters. The van der Waals surface area contributed by atoms with Gasteiger partial charge in [-0.25, -0.2) is 0 Å². The molecule has 0 aromatic heterocycles. The molecule has 0 aliphatic carbocycles. The summed E-state index contributed by atoms with van der Waals surface area (Å²) >= 11 is 0. The first-order valence-electron chi connectivity index (χ1n) is 15.3. The zero-order valence-corrected chi connectivity index (χ0v) is 28.6. The van der Waals surface area contributed by atoms with Crippen molar-refractivity contribution in [1.82, 2.24) is 0 Å². The van der Waals surface area contributed by atoms with Crippen LogP contribution in [0.4, 0.5) is 0 Å². The van der Waals surface area contributed by atoms with E-state index in [-0.39, 0.29) is 12.7 Å². The van der Waals surface area contributed by atoms with Crippen LogP contribution in [0.1, 0.15) is 0 Å². The standard InChI is InChI=1S/C39H35O5P3/c1-45(40,38-28-16-14-26-36(38)43-30-46(41,32-18-6-2-7-19-32)33-20-8-3-9-21-33)39-29-17-15-27-37(39)44-31-47(42,34-22-10-4-11-23-34)35-24-12-5-13-25-35/h2-29H,30-31H2,1H3. The van der Waals surface area contributed by atoms with Gasteiger partial charge in [-0.05, 0) is 30.9 Å². The minimum Gasteiger partial charge on any atom is -0.484 e. The monoisotopic (exact) mass is 676 g/mol. The van der Waals surface area contributed by atoms with Gasteiger partial charge in [0.05, 0.1) is 10.6 Å². The average Bonchev–Trinajstić information content (AvgIpc) is 3.14. The normalized spacial score (nSPS) is 11.9. The van der Waals surface area contributed by atoms with Gasteiger partial charge in [0.2, 0.25) is 0 Å². The Morgan fingerprint density at radius 3 is 0.936 bits per heavy atom. The van der Waals surface area contributed by atoms with Crippen LogP contribution in [0.5, 0.6) is 11.5 Å². The van der Waals surface area contributed by atoms with E-state index >= 15 is 0 Å². The maximum absolute atomic E-state index is 14.9. The average molecular weight is 677 g/mol. The van der Waals surface area contributed by atoms with E-state index in [2.05, 4.69) is 0 Å². The molecule has 0 aliphatic rings. The summed E-state index contributed by atoms with van der Waals surface area (Å²) in [4.78, 5) is 0. The maximum atomic E-state index is 14.9. The van der Waals surface area contributed by atoms with Gasteiger partial charge in [-0.1, -0.05) is 146 Å². The van der Waals surface area contributed by atoms with E-state index in [1.807, 2.05) is 146 Å². The summed E-state index contributed by atoms with van der Waals surface area (Å²) in [5, 5.41) is 3.70. The van der Waals surface area contributed by atoms with Gasteiger partial charge in [-0.2, -0.15) is 0 Å². The van der Waals surface area contributed by atoms with E-state index in [9.17, 15) is 13.7 Å². The molecule has 0 atom stereocenters. The first-order chi connectivity index (χ1) is 22.8. The second-order valence-electron chi connectivity index (χ2n) is 11.2. The number of hydrogen-bond donors (Lipinski definition) is 0. The van der Waals surface area contributed by atoms with Crippen molar-refractivity contribution < 1.29 is 23.2 Å². The molecule has 5 nitrogen and oxygen atoms in total. The third kappa shape index (κ3) is 6.85. The number of benzene rings is 6. The Morgan fingerprint density at radius 2 is 0.638 bits per heavy atom. The lowest BCUT2D eigenvalue weighted by Gasteiger charge is -2.24. The number of rotatable bonds is 12. The molecule has 6 aromatic rings. The van der Waals surface area contributed by atoms with Crippen LogP contribution in [-0.4, -0.2) is 19.4 Å². The molecular weight excluding hydrogens is 641 g/mol. The fourth-order valence-electron chi connectivity index (χ4n) is 5.59. The number of hydrogen-bond acceptors (Lipinski definition) is 5. The lowest BCUT2D eigenvalue weighted by molar-refractivity contribution is 0.381. The third-order valence-electron chi connectivity index (χ3n) is 8.15. The van der Waals surface area contributed by atoms with Gasteiger partial charge in [-0.3, -0.25) is 0 Å². The third-order valence-corrected chi connectivity index (χ3v) is 16.2. The lowest BCUT2D eigenvalue weighted by atomic mass is 10.3. The van der Waals surface area contributed by atoms with Crippen molar-refractivity contribution in [2.45, 2.75) is 0 Å². The van der Waals surface area contributed by atoms with Gasteiger partial charge in [-0.15, -0.1) is 0 Å². The first kappa shape index (κ1) is 32.5. The van der Waals surface area contributed by atoms with E-state index in [0.29, 0.717) is 43.3 Å². The minimum absolute atomic E-state index is 0.104. The molecule has 0 amide bonds. The van der Waals surface area contributed by atoms with Gasteiger partial charge in [0.15, 0.2) is 14.3 Å². The van der Waals surface area contributed by atoms with Gasteiger partial charge >= 0.3 is 0 Å². The van der Waals surface area contributed by atoms with Gasteiger partial charge in [0.25, 0.3) is 0 Å². The van der Waals surface area contributed by atoms with E-state index in [0.717, 1.165) is 0 Å². The number of para-hydroxylation sites is 2. The predicted molar refractivity (Wildman–Crippen MR) is 196 cm³/mol. The summed E-state index contributed by atoms with van der Waals surface area (Å²) in [5.74, 6) is 0.777. The van der Waals surface area contributed by atoms with E-state index in [1.165, 1.54) is 0 Å².